The second kappa shape index (κ2) is 3.82. The van der Waals surface area contributed by atoms with Gasteiger partial charge < -0.3 is 4.57 Å². The fourth-order valence-electron chi connectivity index (χ4n) is 1.04. The molecule has 0 saturated heterocycles. The van der Waals surface area contributed by atoms with Gasteiger partial charge in [-0.15, -0.1) is 0 Å². The van der Waals surface area contributed by atoms with Crippen LogP contribution in [0.3, 0.4) is 0 Å². The molecule has 0 amide bonds. The van der Waals surface area contributed by atoms with Gasteiger partial charge in [0.15, 0.2) is 0 Å². The van der Waals surface area contributed by atoms with Crippen LogP contribution in [0.5, 0.6) is 0 Å². The summed E-state index contributed by atoms with van der Waals surface area (Å²) < 4.78 is 1.99. The summed E-state index contributed by atoms with van der Waals surface area (Å²) >= 11 is 0. The van der Waals surface area contributed by atoms with E-state index in [9.17, 15) is 0 Å². The molecule has 0 spiro atoms. The van der Waals surface area contributed by atoms with E-state index in [-0.39, 0.29) is 0 Å². The molecule has 11 heavy (non-hydrogen) atoms. The number of hydrogen-bond acceptors (Lipinski definition) is 1. The highest BCUT2D eigenvalue weighted by Gasteiger charge is 1.96. The van der Waals surface area contributed by atoms with Crippen LogP contribution < -0.4 is 0 Å². The second-order valence-corrected chi connectivity index (χ2v) is 2.55. The number of aromatic nitrogens is 1. The van der Waals surface area contributed by atoms with Crippen molar-refractivity contribution in [2.45, 2.75) is 26.3 Å². The molecular formula is C9H12N2. The van der Waals surface area contributed by atoms with E-state index < -0.39 is 0 Å². The fraction of sp³-hybridized carbons (Fsp3) is 0.444. The molecule has 1 aromatic heterocycles. The zero-order chi connectivity index (χ0) is 8.10. The van der Waals surface area contributed by atoms with Gasteiger partial charge in [-0.3, -0.25) is 0 Å². The molecule has 0 atom stereocenters. The average Bonchev–Trinajstić information content (AvgIpc) is 2.47. The molecule has 0 aliphatic rings. The zero-order valence-electron chi connectivity index (χ0n) is 6.75. The first-order chi connectivity index (χ1) is 5.38. The molecule has 0 aromatic carbocycles. The Hall–Kier alpha value is -1.23. The van der Waals surface area contributed by atoms with Crippen molar-refractivity contribution in [3.63, 3.8) is 0 Å². The molecule has 0 fully saturated rings. The molecule has 2 heteroatoms. The van der Waals surface area contributed by atoms with Crippen LogP contribution in [0.1, 0.15) is 25.5 Å². The number of nitrogens with zero attached hydrogens (tertiary/aromatic N) is 2. The predicted octanol–water partition coefficient (Wildman–Crippen LogP) is 2.16. The molecule has 1 heterocycles. The smallest absolute Gasteiger partial charge is 0.120 e. The van der Waals surface area contributed by atoms with Crippen molar-refractivity contribution < 1.29 is 0 Å². The lowest BCUT2D eigenvalue weighted by molar-refractivity contribution is 0.629. The van der Waals surface area contributed by atoms with Crippen LogP contribution in [-0.4, -0.2) is 4.57 Å². The number of hydrogen-bond donors (Lipinski definition) is 0. The molecule has 0 saturated carbocycles. The lowest BCUT2D eigenvalue weighted by Gasteiger charge is -2.01. The first kappa shape index (κ1) is 7.87. The van der Waals surface area contributed by atoms with Gasteiger partial charge in [0.05, 0.1) is 0 Å². The van der Waals surface area contributed by atoms with E-state index in [2.05, 4.69) is 13.0 Å². The third-order valence-electron chi connectivity index (χ3n) is 1.70. The van der Waals surface area contributed by atoms with Gasteiger partial charge in [-0.05, 0) is 18.6 Å². The van der Waals surface area contributed by atoms with E-state index >= 15 is 0 Å². The quantitative estimate of drug-likeness (QED) is 0.645. The Morgan fingerprint density at radius 3 is 3.09 bits per heavy atom. The molecule has 0 bridgehead atoms. The van der Waals surface area contributed by atoms with Crippen LogP contribution in [0.2, 0.25) is 0 Å². The number of aryl methyl sites for hydroxylation is 1. The molecule has 0 aliphatic heterocycles. The molecule has 1 rings (SSSR count). The molecule has 2 nitrogen and oxygen atoms in total. The van der Waals surface area contributed by atoms with Crippen molar-refractivity contribution in [1.29, 1.82) is 5.26 Å². The van der Waals surface area contributed by atoms with Gasteiger partial charge in [-0.25, -0.2) is 0 Å². The van der Waals surface area contributed by atoms with Crippen LogP contribution in [0.4, 0.5) is 0 Å². The summed E-state index contributed by atoms with van der Waals surface area (Å²) in [6.07, 6.45) is 4.26. The molecule has 0 aliphatic carbocycles. The normalized spacial score (nSPS) is 9.45. The summed E-state index contributed by atoms with van der Waals surface area (Å²) in [6, 6.07) is 5.90. The molecular weight excluding hydrogens is 136 g/mol. The maximum absolute atomic E-state index is 8.64. The highest BCUT2D eigenvalue weighted by Crippen LogP contribution is 2.02. The summed E-state index contributed by atoms with van der Waals surface area (Å²) in [5.41, 5.74) is 0.762. The van der Waals surface area contributed by atoms with Crippen LogP contribution in [0, 0.1) is 11.3 Å². The number of unbranched alkanes of at least 4 members (excludes halogenated alkanes) is 1. The van der Waals surface area contributed by atoms with Crippen LogP contribution in [0.25, 0.3) is 0 Å². The summed E-state index contributed by atoms with van der Waals surface area (Å²) in [5, 5.41) is 8.64. The largest absolute Gasteiger partial charge is 0.339 e. The Morgan fingerprint density at radius 2 is 2.45 bits per heavy atom. The fourth-order valence-corrected chi connectivity index (χ4v) is 1.04. The van der Waals surface area contributed by atoms with E-state index in [1.807, 2.05) is 22.9 Å². The van der Waals surface area contributed by atoms with Crippen LogP contribution in [0.15, 0.2) is 18.3 Å². The van der Waals surface area contributed by atoms with Gasteiger partial charge in [-0.2, -0.15) is 5.26 Å². The Morgan fingerprint density at radius 1 is 1.64 bits per heavy atom. The van der Waals surface area contributed by atoms with E-state index in [0.29, 0.717) is 0 Å². The highest BCUT2D eigenvalue weighted by molar-refractivity contribution is 5.21. The highest BCUT2D eigenvalue weighted by atomic mass is 15.0. The van der Waals surface area contributed by atoms with Crippen molar-refractivity contribution in [3.8, 4) is 6.07 Å². The van der Waals surface area contributed by atoms with Crippen molar-refractivity contribution in [1.82, 2.24) is 4.57 Å². The van der Waals surface area contributed by atoms with Gasteiger partial charge >= 0.3 is 0 Å². The van der Waals surface area contributed by atoms with E-state index in [4.69, 9.17) is 5.26 Å². The summed E-state index contributed by atoms with van der Waals surface area (Å²) in [7, 11) is 0. The second-order valence-electron chi connectivity index (χ2n) is 2.55. The molecule has 0 radical (unpaired) electrons. The van der Waals surface area contributed by atoms with Gasteiger partial charge in [0.1, 0.15) is 11.8 Å². The van der Waals surface area contributed by atoms with Gasteiger partial charge in [0.2, 0.25) is 0 Å². The van der Waals surface area contributed by atoms with E-state index in [1.165, 1.54) is 6.42 Å². The maximum atomic E-state index is 8.64. The molecule has 0 N–H and O–H groups in total. The summed E-state index contributed by atoms with van der Waals surface area (Å²) in [5.74, 6) is 0. The molecule has 58 valence electrons. The topological polar surface area (TPSA) is 28.7 Å². The van der Waals surface area contributed by atoms with Gasteiger partial charge in [0, 0.05) is 12.7 Å². The number of nitriles is 1. The monoisotopic (exact) mass is 148 g/mol. The van der Waals surface area contributed by atoms with Crippen molar-refractivity contribution in [2.24, 2.45) is 0 Å². The minimum Gasteiger partial charge on any atom is -0.339 e. The van der Waals surface area contributed by atoms with E-state index in [1.54, 1.807) is 0 Å². The third kappa shape index (κ3) is 1.84. The summed E-state index contributed by atoms with van der Waals surface area (Å²) in [4.78, 5) is 0. The Balaban J connectivity index is 2.63. The predicted molar refractivity (Wildman–Crippen MR) is 44.1 cm³/mol. The Kier molecular flexibility index (Phi) is 2.74. The lowest BCUT2D eigenvalue weighted by atomic mass is 10.3. The number of rotatable bonds is 3. The first-order valence-corrected chi connectivity index (χ1v) is 3.93. The Bertz CT molecular complexity index is 255. The SMILES string of the molecule is CCCCn1cccc1C#N. The maximum Gasteiger partial charge on any atom is 0.120 e. The third-order valence-corrected chi connectivity index (χ3v) is 1.70. The van der Waals surface area contributed by atoms with Crippen molar-refractivity contribution >= 4 is 0 Å². The van der Waals surface area contributed by atoms with Gasteiger partial charge in [0.25, 0.3) is 0 Å². The summed E-state index contributed by atoms with van der Waals surface area (Å²) in [6.45, 7) is 3.11. The molecule has 0 unspecified atom stereocenters. The van der Waals surface area contributed by atoms with E-state index in [0.717, 1.165) is 18.7 Å². The van der Waals surface area contributed by atoms with Crippen molar-refractivity contribution in [2.75, 3.05) is 0 Å². The Labute approximate surface area is 67.1 Å². The van der Waals surface area contributed by atoms with Crippen molar-refractivity contribution in [3.05, 3.63) is 24.0 Å². The lowest BCUT2D eigenvalue weighted by Crippen LogP contribution is -1.97. The standard InChI is InChI=1S/C9H12N2/c1-2-3-6-11-7-4-5-9(11)8-10/h4-5,7H,2-3,6H2,1H3. The minimum absolute atomic E-state index is 0.762. The zero-order valence-corrected chi connectivity index (χ0v) is 6.75. The minimum atomic E-state index is 0.762. The average molecular weight is 148 g/mol. The molecule has 1 aromatic rings. The first-order valence-electron chi connectivity index (χ1n) is 3.93. The van der Waals surface area contributed by atoms with Crippen LogP contribution >= 0.6 is 0 Å². The van der Waals surface area contributed by atoms with Crippen LogP contribution in [-0.2, 0) is 6.54 Å². The van der Waals surface area contributed by atoms with Gasteiger partial charge in [-0.1, -0.05) is 13.3 Å².